The Bertz CT molecular complexity index is 1240. The molecule has 1 aliphatic heterocycles. The fourth-order valence-corrected chi connectivity index (χ4v) is 6.49. The second kappa shape index (κ2) is 8.74. The molecule has 10 heteroatoms. The number of hydrogen-bond donors (Lipinski definition) is 2. The van der Waals surface area contributed by atoms with Crippen molar-refractivity contribution in [2.45, 2.75) is 24.0 Å². The molecule has 3 aromatic rings. The molecule has 1 aliphatic rings. The number of rotatable bonds is 4. The average molecular weight is 459 g/mol. The second-order valence-corrected chi connectivity index (χ2v) is 10.9. The fraction of sp³-hybridized carbons (Fsp3) is 0.286. The highest BCUT2D eigenvalue weighted by molar-refractivity contribution is 7.91. The van der Waals surface area contributed by atoms with Gasteiger partial charge < -0.3 is 0 Å². The van der Waals surface area contributed by atoms with E-state index in [1.54, 1.807) is 30.3 Å². The molecule has 0 radical (unpaired) electrons. The molecule has 8 nitrogen and oxygen atoms in total. The van der Waals surface area contributed by atoms with Gasteiger partial charge >= 0.3 is 0 Å². The van der Waals surface area contributed by atoms with Crippen molar-refractivity contribution < 1.29 is 18.0 Å². The molecule has 1 fully saturated rings. The Hall–Kier alpha value is -2.82. The zero-order chi connectivity index (χ0) is 22.0. The molecule has 31 heavy (non-hydrogen) atoms. The van der Waals surface area contributed by atoms with E-state index in [4.69, 9.17) is 0 Å². The first-order valence-corrected chi connectivity index (χ1v) is 12.1. The zero-order valence-corrected chi connectivity index (χ0v) is 18.5. The lowest BCUT2D eigenvalue weighted by Crippen LogP contribution is -2.50. The molecule has 3 heterocycles. The third-order valence-electron chi connectivity index (χ3n) is 5.20. The van der Waals surface area contributed by atoms with E-state index >= 15 is 0 Å². The third kappa shape index (κ3) is 4.60. The number of piperidine rings is 1. The molecule has 1 aromatic carbocycles. The van der Waals surface area contributed by atoms with Gasteiger partial charge in [0.1, 0.15) is 9.90 Å². The highest BCUT2D eigenvalue weighted by Crippen LogP contribution is 2.28. The van der Waals surface area contributed by atoms with Crippen molar-refractivity contribution in [3.05, 3.63) is 59.1 Å². The van der Waals surface area contributed by atoms with Gasteiger partial charge in [-0.15, -0.1) is 11.3 Å². The second-order valence-electron chi connectivity index (χ2n) is 7.40. The van der Waals surface area contributed by atoms with E-state index in [1.165, 1.54) is 15.6 Å². The van der Waals surface area contributed by atoms with Gasteiger partial charge in [-0.3, -0.25) is 20.4 Å². The number of pyridine rings is 1. The molecule has 1 unspecified atom stereocenters. The number of sulfonamides is 1. The Morgan fingerprint density at radius 1 is 1.10 bits per heavy atom. The number of amides is 2. The van der Waals surface area contributed by atoms with E-state index in [-0.39, 0.29) is 16.4 Å². The minimum Gasteiger partial charge on any atom is -0.273 e. The molecule has 162 valence electrons. The van der Waals surface area contributed by atoms with E-state index < -0.39 is 27.8 Å². The number of aryl methyl sites for hydroxylation is 1. The van der Waals surface area contributed by atoms with Gasteiger partial charge in [0.15, 0.2) is 0 Å². The summed E-state index contributed by atoms with van der Waals surface area (Å²) in [4.78, 5) is 30.2. The van der Waals surface area contributed by atoms with Crippen LogP contribution in [0.25, 0.3) is 10.9 Å². The standard InChI is InChI=1S/C21H22N4O4S2/c1-14-8-11-19(30-14)31(28,29)25-12-4-6-16(13-25)20(26)23-24-21(27)18-10-9-15-5-2-3-7-17(15)22-18/h2-3,5,7-11,16H,4,6,12-13H2,1H3,(H,23,26)(H,24,27). The summed E-state index contributed by atoms with van der Waals surface area (Å²) >= 11 is 1.22. The Kier molecular flexibility index (Phi) is 6.03. The van der Waals surface area contributed by atoms with Crippen LogP contribution in [-0.2, 0) is 14.8 Å². The molecule has 2 aromatic heterocycles. The van der Waals surface area contributed by atoms with E-state index in [9.17, 15) is 18.0 Å². The zero-order valence-electron chi connectivity index (χ0n) is 16.9. The fourth-order valence-electron chi connectivity index (χ4n) is 3.53. The van der Waals surface area contributed by atoms with Crippen LogP contribution in [0.5, 0.6) is 0 Å². The molecule has 0 spiro atoms. The van der Waals surface area contributed by atoms with Crippen LogP contribution in [0.2, 0.25) is 0 Å². The number of fused-ring (bicyclic) bond motifs is 1. The molecular weight excluding hydrogens is 436 g/mol. The van der Waals surface area contributed by atoms with Crippen molar-refractivity contribution in [1.29, 1.82) is 0 Å². The van der Waals surface area contributed by atoms with Gasteiger partial charge in [-0.1, -0.05) is 24.3 Å². The average Bonchev–Trinajstić information content (AvgIpc) is 3.24. The van der Waals surface area contributed by atoms with Crippen molar-refractivity contribution in [1.82, 2.24) is 20.1 Å². The van der Waals surface area contributed by atoms with E-state index in [1.807, 2.05) is 25.1 Å². The van der Waals surface area contributed by atoms with Crippen LogP contribution in [0.3, 0.4) is 0 Å². The number of carbonyl (C=O) groups is 2. The SMILES string of the molecule is Cc1ccc(S(=O)(=O)N2CCCC(C(=O)NNC(=O)c3ccc4ccccc4n3)C2)s1. The van der Waals surface area contributed by atoms with Gasteiger partial charge in [0.2, 0.25) is 5.91 Å². The maximum Gasteiger partial charge on any atom is 0.288 e. The first-order valence-electron chi connectivity index (χ1n) is 9.87. The molecule has 4 rings (SSSR count). The van der Waals surface area contributed by atoms with Crippen LogP contribution >= 0.6 is 11.3 Å². The van der Waals surface area contributed by atoms with Crippen molar-refractivity contribution in [2.75, 3.05) is 13.1 Å². The summed E-state index contributed by atoms with van der Waals surface area (Å²) in [7, 11) is -3.63. The van der Waals surface area contributed by atoms with Crippen molar-refractivity contribution in [3.63, 3.8) is 0 Å². The lowest BCUT2D eigenvalue weighted by molar-refractivity contribution is -0.126. The van der Waals surface area contributed by atoms with Gasteiger partial charge in [0.05, 0.1) is 11.4 Å². The van der Waals surface area contributed by atoms with Gasteiger partial charge in [0, 0.05) is 23.4 Å². The maximum atomic E-state index is 12.9. The minimum atomic E-state index is -3.63. The predicted octanol–water partition coefficient (Wildman–Crippen LogP) is 2.47. The molecule has 0 saturated carbocycles. The third-order valence-corrected chi connectivity index (χ3v) is 8.53. The molecule has 0 aliphatic carbocycles. The number of thiophene rings is 1. The lowest BCUT2D eigenvalue weighted by atomic mass is 9.99. The number of hydrazine groups is 1. The minimum absolute atomic E-state index is 0.0786. The van der Waals surface area contributed by atoms with Crippen LogP contribution < -0.4 is 10.9 Å². The number of aromatic nitrogens is 1. The number of benzene rings is 1. The van der Waals surface area contributed by atoms with Crippen molar-refractivity contribution in [2.24, 2.45) is 5.92 Å². The number of carbonyl (C=O) groups excluding carboxylic acids is 2. The summed E-state index contributed by atoms with van der Waals surface area (Å²) in [5.74, 6) is -1.50. The van der Waals surface area contributed by atoms with Crippen molar-refractivity contribution in [3.8, 4) is 0 Å². The summed E-state index contributed by atoms with van der Waals surface area (Å²) < 4.78 is 27.3. The first-order chi connectivity index (χ1) is 14.8. The lowest BCUT2D eigenvalue weighted by Gasteiger charge is -2.30. The number of para-hydroxylation sites is 1. The molecule has 1 atom stereocenters. The van der Waals surface area contributed by atoms with Gasteiger partial charge in [-0.05, 0) is 44.0 Å². The summed E-state index contributed by atoms with van der Waals surface area (Å²) in [6.07, 6.45) is 1.12. The van der Waals surface area contributed by atoms with Crippen LogP contribution in [0, 0.1) is 12.8 Å². The van der Waals surface area contributed by atoms with Crippen molar-refractivity contribution >= 4 is 44.1 Å². The van der Waals surface area contributed by atoms with Crippen LogP contribution in [0.15, 0.2) is 52.7 Å². The van der Waals surface area contributed by atoms with Gasteiger partial charge in [0.25, 0.3) is 15.9 Å². The smallest absolute Gasteiger partial charge is 0.273 e. The predicted molar refractivity (Wildman–Crippen MR) is 118 cm³/mol. The summed E-state index contributed by atoms with van der Waals surface area (Å²) in [5, 5.41) is 0.910. The highest BCUT2D eigenvalue weighted by atomic mass is 32.2. The molecular formula is C21H22N4O4S2. The van der Waals surface area contributed by atoms with Crippen LogP contribution in [-0.4, -0.2) is 42.6 Å². The Labute approximate surface area is 184 Å². The number of nitrogens with zero attached hydrogens (tertiary/aromatic N) is 2. The van der Waals surface area contributed by atoms with Gasteiger partial charge in [-0.2, -0.15) is 4.31 Å². The van der Waals surface area contributed by atoms with Gasteiger partial charge in [-0.25, -0.2) is 13.4 Å². The molecule has 2 N–H and O–H groups in total. The van der Waals surface area contributed by atoms with E-state index in [0.29, 0.717) is 24.9 Å². The van der Waals surface area contributed by atoms with E-state index in [0.717, 1.165) is 10.3 Å². The monoisotopic (exact) mass is 458 g/mol. The first kappa shape index (κ1) is 21.4. The molecule has 0 bridgehead atoms. The molecule has 1 saturated heterocycles. The van der Waals surface area contributed by atoms with Crippen LogP contribution in [0.4, 0.5) is 0 Å². The Morgan fingerprint density at radius 2 is 1.90 bits per heavy atom. The summed E-state index contributed by atoms with van der Waals surface area (Å²) in [5.41, 5.74) is 5.66. The maximum absolute atomic E-state index is 12.9. The highest BCUT2D eigenvalue weighted by Gasteiger charge is 2.34. The summed E-state index contributed by atoms with van der Waals surface area (Å²) in [6, 6.07) is 14.1. The normalized spacial score (nSPS) is 17.4. The number of nitrogens with one attached hydrogen (secondary N) is 2. The largest absolute Gasteiger partial charge is 0.288 e. The van der Waals surface area contributed by atoms with Crippen LogP contribution in [0.1, 0.15) is 28.2 Å². The topological polar surface area (TPSA) is 108 Å². The number of hydrogen-bond acceptors (Lipinski definition) is 6. The quantitative estimate of drug-likeness (QED) is 0.584. The summed E-state index contributed by atoms with van der Waals surface area (Å²) in [6.45, 7) is 2.30. The molecule has 2 amide bonds. The Morgan fingerprint density at radius 3 is 2.68 bits per heavy atom. The van der Waals surface area contributed by atoms with E-state index in [2.05, 4.69) is 15.8 Å². The Balaban J connectivity index is 1.38.